The first-order valence-electron chi connectivity index (χ1n) is 10.3. The van der Waals surface area contributed by atoms with Crippen LogP contribution in [-0.4, -0.2) is 55.1 Å². The number of piperazine rings is 1. The lowest BCUT2D eigenvalue weighted by molar-refractivity contribution is -0.384. The van der Waals surface area contributed by atoms with Crippen LogP contribution in [-0.2, 0) is 11.2 Å². The lowest BCUT2D eigenvalue weighted by Crippen LogP contribution is -2.49. The number of nitrogens with zero attached hydrogens (tertiary/aromatic N) is 3. The van der Waals surface area contributed by atoms with Crippen LogP contribution in [0.4, 0.5) is 11.4 Å². The first-order chi connectivity index (χ1) is 14.9. The van der Waals surface area contributed by atoms with E-state index in [0.29, 0.717) is 50.9 Å². The normalized spacial score (nSPS) is 13.8. The SMILES string of the molecule is CCOc1cc(Br)c(CC(=O)N2CCN(c3cccc([N+](=O)[O-])c3)CC2)cc1OCC. The van der Waals surface area contributed by atoms with E-state index in [1.54, 1.807) is 12.1 Å². The van der Waals surface area contributed by atoms with E-state index in [1.165, 1.54) is 6.07 Å². The van der Waals surface area contributed by atoms with Crippen LogP contribution in [0.2, 0.25) is 0 Å². The number of benzene rings is 2. The summed E-state index contributed by atoms with van der Waals surface area (Å²) in [7, 11) is 0. The maximum Gasteiger partial charge on any atom is 0.271 e. The van der Waals surface area contributed by atoms with Gasteiger partial charge in [0.05, 0.1) is 24.6 Å². The van der Waals surface area contributed by atoms with E-state index < -0.39 is 4.92 Å². The third-order valence-corrected chi connectivity index (χ3v) is 5.83. The van der Waals surface area contributed by atoms with Gasteiger partial charge in [0, 0.05) is 48.5 Å². The van der Waals surface area contributed by atoms with Gasteiger partial charge < -0.3 is 19.3 Å². The van der Waals surface area contributed by atoms with Gasteiger partial charge in [0.1, 0.15) is 0 Å². The molecule has 0 atom stereocenters. The fourth-order valence-corrected chi connectivity index (χ4v) is 4.00. The van der Waals surface area contributed by atoms with Crippen molar-refractivity contribution in [1.82, 2.24) is 4.90 Å². The molecule has 0 unspecified atom stereocenters. The van der Waals surface area contributed by atoms with Crippen molar-refractivity contribution in [2.24, 2.45) is 0 Å². The summed E-state index contributed by atoms with van der Waals surface area (Å²) >= 11 is 3.54. The number of rotatable bonds is 8. The Morgan fingerprint density at radius 2 is 1.71 bits per heavy atom. The number of hydrogen-bond donors (Lipinski definition) is 0. The van der Waals surface area contributed by atoms with Gasteiger partial charge in [-0.25, -0.2) is 0 Å². The quantitative estimate of drug-likeness (QED) is 0.409. The third-order valence-electron chi connectivity index (χ3n) is 5.09. The van der Waals surface area contributed by atoms with Crippen LogP contribution in [0.15, 0.2) is 40.9 Å². The lowest BCUT2D eigenvalue weighted by Gasteiger charge is -2.36. The van der Waals surface area contributed by atoms with Crippen LogP contribution >= 0.6 is 15.9 Å². The number of non-ortho nitro benzene ring substituents is 1. The highest BCUT2D eigenvalue weighted by Gasteiger charge is 2.23. The third kappa shape index (κ3) is 5.66. The highest BCUT2D eigenvalue weighted by atomic mass is 79.9. The molecule has 2 aromatic rings. The Hall–Kier alpha value is -2.81. The number of nitro groups is 1. The summed E-state index contributed by atoms with van der Waals surface area (Å²) in [6.07, 6.45) is 0.254. The summed E-state index contributed by atoms with van der Waals surface area (Å²) in [6.45, 7) is 7.23. The predicted octanol–water partition coefficient (Wildman–Crippen LogP) is 4.05. The Morgan fingerprint density at radius 1 is 1.06 bits per heavy atom. The molecule has 0 saturated carbocycles. The Labute approximate surface area is 190 Å². The van der Waals surface area contributed by atoms with Crippen LogP contribution in [0.1, 0.15) is 19.4 Å². The minimum atomic E-state index is -0.394. The molecular weight excluding hydrogens is 466 g/mol. The Morgan fingerprint density at radius 3 is 2.32 bits per heavy atom. The summed E-state index contributed by atoms with van der Waals surface area (Å²) in [5.41, 5.74) is 1.72. The van der Waals surface area contributed by atoms with Crippen LogP contribution in [0.5, 0.6) is 11.5 Å². The van der Waals surface area contributed by atoms with Crippen LogP contribution in [0.3, 0.4) is 0 Å². The Balaban J connectivity index is 1.64. The molecule has 0 spiro atoms. The molecule has 8 nitrogen and oxygen atoms in total. The molecule has 3 rings (SSSR count). The zero-order valence-corrected chi connectivity index (χ0v) is 19.3. The Kier molecular flexibility index (Phi) is 7.73. The first-order valence-corrected chi connectivity index (χ1v) is 11.1. The minimum absolute atomic E-state index is 0.0333. The first kappa shape index (κ1) is 22.9. The molecule has 1 aliphatic heterocycles. The molecule has 1 saturated heterocycles. The van der Waals surface area contributed by atoms with Gasteiger partial charge in [-0.2, -0.15) is 0 Å². The average Bonchev–Trinajstić information content (AvgIpc) is 2.77. The van der Waals surface area contributed by atoms with E-state index in [1.807, 2.05) is 36.9 Å². The van der Waals surface area contributed by atoms with E-state index in [4.69, 9.17) is 9.47 Å². The van der Waals surface area contributed by atoms with Crippen LogP contribution in [0.25, 0.3) is 0 Å². The molecule has 0 aliphatic carbocycles. The van der Waals surface area contributed by atoms with E-state index in [2.05, 4.69) is 20.8 Å². The summed E-state index contributed by atoms with van der Waals surface area (Å²) in [4.78, 5) is 27.4. The van der Waals surface area contributed by atoms with Crippen molar-refractivity contribution in [2.45, 2.75) is 20.3 Å². The molecule has 9 heteroatoms. The monoisotopic (exact) mass is 491 g/mol. The molecule has 1 heterocycles. The van der Waals surface area contributed by atoms with Crippen molar-refractivity contribution in [2.75, 3.05) is 44.3 Å². The molecule has 1 fully saturated rings. The van der Waals surface area contributed by atoms with E-state index in [0.717, 1.165) is 15.7 Å². The number of nitro benzene ring substituents is 1. The molecule has 0 bridgehead atoms. The van der Waals surface area contributed by atoms with Crippen molar-refractivity contribution < 1.29 is 19.2 Å². The number of carbonyl (C=O) groups is 1. The molecule has 0 N–H and O–H groups in total. The summed E-state index contributed by atoms with van der Waals surface area (Å²) in [6, 6.07) is 10.3. The van der Waals surface area contributed by atoms with Crippen molar-refractivity contribution in [3.8, 4) is 11.5 Å². The number of carbonyl (C=O) groups excluding carboxylic acids is 1. The second-order valence-electron chi connectivity index (χ2n) is 7.08. The molecule has 0 aromatic heterocycles. The van der Waals surface area contributed by atoms with E-state index in [9.17, 15) is 14.9 Å². The summed E-state index contributed by atoms with van der Waals surface area (Å²) in [5, 5.41) is 11.0. The zero-order valence-electron chi connectivity index (χ0n) is 17.7. The van der Waals surface area contributed by atoms with Gasteiger partial charge in [0.15, 0.2) is 11.5 Å². The summed E-state index contributed by atoms with van der Waals surface area (Å²) in [5.74, 6) is 1.31. The Bertz CT molecular complexity index is 945. The van der Waals surface area contributed by atoms with Gasteiger partial charge in [-0.05, 0) is 37.6 Å². The van der Waals surface area contributed by atoms with Crippen LogP contribution in [0, 0.1) is 10.1 Å². The topological polar surface area (TPSA) is 85.2 Å². The fraction of sp³-hybridized carbons (Fsp3) is 0.409. The standard InChI is InChI=1S/C22H26BrN3O5/c1-3-30-20-12-16(19(23)15-21(20)31-4-2)13-22(27)25-10-8-24(9-11-25)17-6-5-7-18(14-17)26(28)29/h5-7,12,14-15H,3-4,8-11,13H2,1-2H3. The number of hydrogen-bond acceptors (Lipinski definition) is 6. The predicted molar refractivity (Wildman–Crippen MR) is 122 cm³/mol. The van der Waals surface area contributed by atoms with E-state index in [-0.39, 0.29) is 18.0 Å². The molecule has 2 aromatic carbocycles. The second kappa shape index (κ2) is 10.5. The minimum Gasteiger partial charge on any atom is -0.490 e. The smallest absolute Gasteiger partial charge is 0.271 e. The maximum atomic E-state index is 12.9. The van der Waals surface area contributed by atoms with Crippen molar-refractivity contribution in [3.05, 3.63) is 56.5 Å². The average molecular weight is 492 g/mol. The van der Waals surface area contributed by atoms with Gasteiger partial charge in [-0.15, -0.1) is 0 Å². The highest BCUT2D eigenvalue weighted by Crippen LogP contribution is 2.34. The number of anilines is 1. The second-order valence-corrected chi connectivity index (χ2v) is 7.93. The molecule has 1 aliphatic rings. The highest BCUT2D eigenvalue weighted by molar-refractivity contribution is 9.10. The molecule has 31 heavy (non-hydrogen) atoms. The van der Waals surface area contributed by atoms with Crippen molar-refractivity contribution in [3.63, 3.8) is 0 Å². The maximum absolute atomic E-state index is 12.9. The molecule has 0 radical (unpaired) electrons. The van der Waals surface area contributed by atoms with E-state index >= 15 is 0 Å². The van der Waals surface area contributed by atoms with Gasteiger partial charge in [0.25, 0.3) is 5.69 Å². The number of ether oxygens (including phenoxy) is 2. The van der Waals surface area contributed by atoms with Gasteiger partial charge in [0.2, 0.25) is 5.91 Å². The van der Waals surface area contributed by atoms with Gasteiger partial charge in [-0.3, -0.25) is 14.9 Å². The van der Waals surface area contributed by atoms with Gasteiger partial charge in [-0.1, -0.05) is 22.0 Å². The van der Waals surface area contributed by atoms with Gasteiger partial charge >= 0.3 is 0 Å². The largest absolute Gasteiger partial charge is 0.490 e. The summed E-state index contributed by atoms with van der Waals surface area (Å²) < 4.78 is 12.1. The number of amides is 1. The zero-order chi connectivity index (χ0) is 22.4. The number of halogens is 1. The van der Waals surface area contributed by atoms with Crippen molar-refractivity contribution in [1.29, 1.82) is 0 Å². The van der Waals surface area contributed by atoms with Crippen LogP contribution < -0.4 is 14.4 Å². The molecule has 166 valence electrons. The lowest BCUT2D eigenvalue weighted by atomic mass is 10.1. The molecule has 1 amide bonds. The van der Waals surface area contributed by atoms with Crippen molar-refractivity contribution >= 4 is 33.2 Å². The molecular formula is C22H26BrN3O5. The fourth-order valence-electron chi connectivity index (χ4n) is 3.54.